The van der Waals surface area contributed by atoms with Crippen molar-refractivity contribution in [3.05, 3.63) is 70.5 Å². The Morgan fingerprint density at radius 3 is 2.63 bits per heavy atom. The number of halogens is 2. The van der Waals surface area contributed by atoms with Gasteiger partial charge in [0.15, 0.2) is 11.4 Å². The van der Waals surface area contributed by atoms with Crippen LogP contribution >= 0.6 is 11.6 Å². The number of nitrogens with one attached hydrogen (secondary N) is 1. The molecule has 2 unspecified atom stereocenters. The van der Waals surface area contributed by atoms with Crippen LogP contribution in [0.5, 0.6) is 0 Å². The van der Waals surface area contributed by atoms with Crippen LogP contribution in [0, 0.1) is 5.82 Å². The van der Waals surface area contributed by atoms with E-state index >= 15 is 0 Å². The largest absolute Gasteiger partial charge is 0.376 e. The number of ether oxygens (including phenoxy) is 5. The van der Waals surface area contributed by atoms with Gasteiger partial charge in [-0.1, -0.05) is 35.9 Å². The molecule has 3 aliphatic rings. The van der Waals surface area contributed by atoms with Gasteiger partial charge in [-0.25, -0.2) is 4.39 Å². The Bertz CT molecular complexity index is 1130. The number of hydrogen-bond acceptors (Lipinski definition) is 6. The van der Waals surface area contributed by atoms with Crippen LogP contribution < -0.4 is 5.32 Å². The summed E-state index contributed by atoms with van der Waals surface area (Å²) in [4.78, 5) is 13.8. The molecule has 1 amide bonds. The van der Waals surface area contributed by atoms with Crippen LogP contribution in [0.1, 0.15) is 50.7 Å². The highest BCUT2D eigenvalue weighted by atomic mass is 35.5. The Hall–Kier alpha value is -2.07. The van der Waals surface area contributed by atoms with E-state index in [1.807, 2.05) is 38.1 Å². The number of carbonyl (C=O) groups excluding carboxylic acids is 1. The fraction of sp³-hybridized carbons (Fsp3) is 0.552. The maximum atomic E-state index is 13.9. The zero-order chi connectivity index (χ0) is 26.8. The summed E-state index contributed by atoms with van der Waals surface area (Å²) in [7, 11) is 0. The number of carbonyl (C=O) groups is 1. The second-order valence-electron chi connectivity index (χ2n) is 10.8. The summed E-state index contributed by atoms with van der Waals surface area (Å²) in [5, 5.41) is 3.67. The Morgan fingerprint density at radius 1 is 1.11 bits per heavy atom. The van der Waals surface area contributed by atoms with Crippen LogP contribution in [0.4, 0.5) is 4.39 Å². The molecule has 0 aromatic heterocycles. The van der Waals surface area contributed by atoms with Crippen LogP contribution in [0.25, 0.3) is 0 Å². The molecule has 0 bridgehead atoms. The summed E-state index contributed by atoms with van der Waals surface area (Å²) < 4.78 is 44.9. The molecule has 3 fully saturated rings. The van der Waals surface area contributed by atoms with Gasteiger partial charge < -0.3 is 29.0 Å². The minimum Gasteiger partial charge on any atom is -0.376 e. The molecule has 2 aromatic carbocycles. The van der Waals surface area contributed by atoms with Gasteiger partial charge in [0.1, 0.15) is 11.9 Å². The number of benzene rings is 2. The van der Waals surface area contributed by atoms with Crippen molar-refractivity contribution in [2.75, 3.05) is 13.2 Å². The molecule has 9 heteroatoms. The summed E-state index contributed by atoms with van der Waals surface area (Å²) >= 11 is 6.17. The van der Waals surface area contributed by atoms with E-state index in [0.717, 1.165) is 18.4 Å². The van der Waals surface area contributed by atoms with Crippen LogP contribution in [0.2, 0.25) is 5.02 Å². The van der Waals surface area contributed by atoms with E-state index in [1.54, 1.807) is 12.1 Å². The van der Waals surface area contributed by atoms with Crippen LogP contribution in [0.3, 0.4) is 0 Å². The molecule has 5 atom stereocenters. The molecule has 7 nitrogen and oxygen atoms in total. The average molecular weight is 548 g/mol. The molecular weight excluding hydrogens is 513 g/mol. The topological polar surface area (TPSA) is 75.3 Å². The van der Waals surface area contributed by atoms with Crippen molar-refractivity contribution in [1.29, 1.82) is 0 Å². The van der Waals surface area contributed by atoms with Crippen molar-refractivity contribution in [3.8, 4) is 0 Å². The lowest BCUT2D eigenvalue weighted by atomic mass is 9.78. The lowest BCUT2D eigenvalue weighted by Gasteiger charge is -2.43. The van der Waals surface area contributed by atoms with E-state index in [0.29, 0.717) is 23.7 Å². The van der Waals surface area contributed by atoms with E-state index in [2.05, 4.69) is 5.32 Å². The van der Waals surface area contributed by atoms with Gasteiger partial charge in [0.25, 0.3) is 5.91 Å². The Kier molecular flexibility index (Phi) is 8.38. The zero-order valence-corrected chi connectivity index (χ0v) is 22.5. The highest BCUT2D eigenvalue weighted by Gasteiger charge is 2.58. The van der Waals surface area contributed by atoms with Crippen molar-refractivity contribution >= 4 is 17.5 Å². The number of hydrogen-bond donors (Lipinski definition) is 1. The van der Waals surface area contributed by atoms with Gasteiger partial charge in [-0.2, -0.15) is 0 Å². The molecule has 2 aromatic rings. The average Bonchev–Trinajstić information content (AvgIpc) is 3.51. The first-order valence-corrected chi connectivity index (χ1v) is 13.6. The Labute approximate surface area is 227 Å². The molecule has 38 heavy (non-hydrogen) atoms. The summed E-state index contributed by atoms with van der Waals surface area (Å²) in [5.74, 6) is -1.45. The van der Waals surface area contributed by atoms with Crippen molar-refractivity contribution in [1.82, 2.24) is 5.32 Å². The summed E-state index contributed by atoms with van der Waals surface area (Å²) in [6, 6.07) is 13.7. The third-order valence-corrected chi connectivity index (χ3v) is 7.57. The molecule has 2 heterocycles. The Morgan fingerprint density at radius 2 is 1.89 bits per heavy atom. The van der Waals surface area contributed by atoms with Gasteiger partial charge in [-0.05, 0) is 62.1 Å². The Balaban J connectivity index is 1.39. The summed E-state index contributed by atoms with van der Waals surface area (Å²) in [6.07, 6.45) is 1.10. The molecule has 5 rings (SSSR count). The highest BCUT2D eigenvalue weighted by molar-refractivity contribution is 6.30. The summed E-state index contributed by atoms with van der Waals surface area (Å²) in [5.41, 5.74) is 0.278. The number of fused-ring (bicyclic) bond motifs is 1. The quantitative estimate of drug-likeness (QED) is 0.480. The van der Waals surface area contributed by atoms with Crippen LogP contribution in [-0.2, 0) is 41.7 Å². The molecule has 2 aliphatic heterocycles. The molecule has 0 spiro atoms. The molecule has 0 radical (unpaired) electrons. The van der Waals surface area contributed by atoms with Crippen molar-refractivity contribution in [2.45, 2.75) is 88.5 Å². The van der Waals surface area contributed by atoms with Crippen molar-refractivity contribution < 1.29 is 32.9 Å². The first kappa shape index (κ1) is 27.5. The number of amides is 1. The normalized spacial score (nSPS) is 30.2. The van der Waals surface area contributed by atoms with E-state index < -0.39 is 23.6 Å². The van der Waals surface area contributed by atoms with Crippen LogP contribution in [0.15, 0.2) is 48.5 Å². The second-order valence-corrected chi connectivity index (χ2v) is 11.2. The van der Waals surface area contributed by atoms with Crippen LogP contribution in [-0.4, -0.2) is 54.9 Å². The van der Waals surface area contributed by atoms with Gasteiger partial charge in [-0.3, -0.25) is 4.79 Å². The highest BCUT2D eigenvalue weighted by Crippen LogP contribution is 2.44. The maximum Gasteiger partial charge on any atom is 0.252 e. The second kappa shape index (κ2) is 11.6. The molecule has 1 aliphatic carbocycles. The standard InChI is InChI=1S/C29H35ClFNO6/c1-28(2)37-25-15-29(27(33)32-16-23-10-5-11-34-23,36-18-20-7-4-9-22(31)13-20)14-24(26(25)38-28)35-17-19-6-3-8-21(30)12-19/h3-4,6-9,12-13,23-26H,5,10-11,14-18H2,1-2H3,(H,32,33)/t23?,24?,25-,26+,29-/m1/s1. The fourth-order valence-corrected chi connectivity index (χ4v) is 5.77. The minimum absolute atomic E-state index is 0.0181. The van der Waals surface area contributed by atoms with E-state index in [9.17, 15) is 9.18 Å². The first-order valence-electron chi connectivity index (χ1n) is 13.2. The van der Waals surface area contributed by atoms with Crippen molar-refractivity contribution in [2.24, 2.45) is 0 Å². The van der Waals surface area contributed by atoms with Crippen molar-refractivity contribution in [3.63, 3.8) is 0 Å². The van der Waals surface area contributed by atoms with Gasteiger partial charge in [0.2, 0.25) is 0 Å². The summed E-state index contributed by atoms with van der Waals surface area (Å²) in [6.45, 7) is 5.15. The molecule has 1 saturated carbocycles. The third-order valence-electron chi connectivity index (χ3n) is 7.34. The maximum absolute atomic E-state index is 13.9. The van der Waals surface area contributed by atoms with Gasteiger partial charge >= 0.3 is 0 Å². The SMILES string of the molecule is CC1(C)O[C@@H]2C[C@@](OCc3cccc(F)c3)(C(=O)NCC3CCCO3)CC(OCc3cccc(Cl)c3)[C@@H]2O1. The van der Waals surface area contributed by atoms with E-state index in [-0.39, 0.29) is 50.0 Å². The molecule has 2 saturated heterocycles. The van der Waals surface area contributed by atoms with Gasteiger partial charge in [0.05, 0.1) is 31.5 Å². The lowest BCUT2D eigenvalue weighted by Crippen LogP contribution is -2.60. The smallest absolute Gasteiger partial charge is 0.252 e. The van der Waals surface area contributed by atoms with E-state index in [1.165, 1.54) is 12.1 Å². The van der Waals surface area contributed by atoms with Gasteiger partial charge in [-0.15, -0.1) is 0 Å². The van der Waals surface area contributed by atoms with E-state index in [4.69, 9.17) is 35.3 Å². The van der Waals surface area contributed by atoms with Gasteiger partial charge in [0, 0.05) is 31.0 Å². The zero-order valence-electron chi connectivity index (χ0n) is 21.8. The number of rotatable bonds is 9. The lowest BCUT2D eigenvalue weighted by molar-refractivity contribution is -0.183. The monoisotopic (exact) mass is 547 g/mol. The predicted octanol–water partition coefficient (Wildman–Crippen LogP) is 4.93. The third kappa shape index (κ3) is 6.55. The minimum atomic E-state index is -1.27. The molecule has 206 valence electrons. The fourth-order valence-electron chi connectivity index (χ4n) is 5.56. The first-order chi connectivity index (χ1) is 18.2. The molecular formula is C29H35ClFNO6. The molecule has 1 N–H and O–H groups in total. The predicted molar refractivity (Wildman–Crippen MR) is 139 cm³/mol.